The number of aromatic nitrogens is 1. The molecule has 0 saturated carbocycles. The van der Waals surface area contributed by atoms with Gasteiger partial charge in [0, 0.05) is 17.0 Å². The third kappa shape index (κ3) is 3.14. The summed E-state index contributed by atoms with van der Waals surface area (Å²) < 4.78 is 0. The first-order chi connectivity index (χ1) is 6.09. The average molecular weight is 198 g/mol. The van der Waals surface area contributed by atoms with Gasteiger partial charge in [-0.3, -0.25) is 4.79 Å². The third-order valence-corrected chi connectivity index (χ3v) is 2.57. The van der Waals surface area contributed by atoms with E-state index >= 15 is 0 Å². The molecule has 1 amide bonds. The topological polar surface area (TPSA) is 42.0 Å². The largest absolute Gasteiger partial charge is 0.349 e. The van der Waals surface area contributed by atoms with E-state index < -0.39 is 0 Å². The Hall–Kier alpha value is -0.900. The Labute approximate surface area is 82.2 Å². The fourth-order valence-corrected chi connectivity index (χ4v) is 1.56. The zero-order valence-electron chi connectivity index (χ0n) is 8.13. The van der Waals surface area contributed by atoms with Gasteiger partial charge in [-0.25, -0.2) is 4.98 Å². The number of aryl methyl sites for hydroxylation is 1. The van der Waals surface area contributed by atoms with Crippen LogP contribution < -0.4 is 5.32 Å². The smallest absolute Gasteiger partial charge is 0.222 e. The maximum atomic E-state index is 11.2. The van der Waals surface area contributed by atoms with Crippen molar-refractivity contribution < 1.29 is 4.79 Å². The lowest BCUT2D eigenvalue weighted by molar-refractivity contribution is -0.124. The summed E-state index contributed by atoms with van der Waals surface area (Å²) in [6, 6.07) is 0. The van der Waals surface area contributed by atoms with Gasteiger partial charge >= 0.3 is 0 Å². The van der Waals surface area contributed by atoms with Gasteiger partial charge in [0.2, 0.25) is 5.91 Å². The van der Waals surface area contributed by atoms with E-state index in [-0.39, 0.29) is 11.8 Å². The fourth-order valence-electron chi connectivity index (χ4n) is 0.851. The molecule has 4 heteroatoms. The van der Waals surface area contributed by atoms with Crippen molar-refractivity contribution in [3.05, 3.63) is 16.1 Å². The number of carbonyl (C=O) groups excluding carboxylic acids is 1. The predicted octanol–water partition coefficient (Wildman–Crippen LogP) is 1.72. The summed E-state index contributed by atoms with van der Waals surface area (Å²) in [5.41, 5.74) is 1.01. The lowest BCUT2D eigenvalue weighted by Crippen LogP contribution is -2.26. The van der Waals surface area contributed by atoms with Gasteiger partial charge in [-0.2, -0.15) is 0 Å². The van der Waals surface area contributed by atoms with Crippen LogP contribution in [-0.2, 0) is 11.3 Å². The minimum Gasteiger partial charge on any atom is -0.349 e. The molecule has 0 aliphatic heterocycles. The molecule has 1 aromatic heterocycles. The van der Waals surface area contributed by atoms with E-state index in [9.17, 15) is 4.79 Å². The highest BCUT2D eigenvalue weighted by molar-refractivity contribution is 7.09. The number of hydrogen-bond donors (Lipinski definition) is 1. The summed E-state index contributed by atoms with van der Waals surface area (Å²) >= 11 is 1.58. The summed E-state index contributed by atoms with van der Waals surface area (Å²) in [7, 11) is 0. The summed E-state index contributed by atoms with van der Waals surface area (Å²) in [5.74, 6) is 0.119. The maximum absolute atomic E-state index is 11.2. The highest BCUT2D eigenvalue weighted by Gasteiger charge is 2.06. The Kier molecular flexibility index (Phi) is 3.42. The van der Waals surface area contributed by atoms with E-state index in [1.165, 1.54) is 0 Å². The third-order valence-electron chi connectivity index (χ3n) is 1.60. The number of rotatable bonds is 3. The van der Waals surface area contributed by atoms with Crippen molar-refractivity contribution in [1.29, 1.82) is 0 Å². The second kappa shape index (κ2) is 4.37. The summed E-state index contributed by atoms with van der Waals surface area (Å²) in [4.78, 5) is 15.4. The van der Waals surface area contributed by atoms with Crippen LogP contribution in [0.1, 0.15) is 24.5 Å². The first kappa shape index (κ1) is 10.2. The summed E-state index contributed by atoms with van der Waals surface area (Å²) in [6.07, 6.45) is 0. The number of amides is 1. The molecule has 0 saturated heterocycles. The van der Waals surface area contributed by atoms with Crippen molar-refractivity contribution in [2.75, 3.05) is 0 Å². The minimum absolute atomic E-state index is 0.0426. The van der Waals surface area contributed by atoms with Crippen molar-refractivity contribution in [3.8, 4) is 0 Å². The van der Waals surface area contributed by atoms with Gasteiger partial charge in [0.25, 0.3) is 0 Å². The lowest BCUT2D eigenvalue weighted by Gasteiger charge is -2.04. The van der Waals surface area contributed by atoms with Crippen molar-refractivity contribution in [3.63, 3.8) is 0 Å². The quantitative estimate of drug-likeness (QED) is 0.803. The molecule has 1 rings (SSSR count). The Bertz CT molecular complexity index is 294. The van der Waals surface area contributed by atoms with Crippen LogP contribution in [0.15, 0.2) is 5.38 Å². The molecule has 1 N–H and O–H groups in total. The van der Waals surface area contributed by atoms with E-state index in [4.69, 9.17) is 0 Å². The number of thiazole rings is 1. The van der Waals surface area contributed by atoms with Crippen molar-refractivity contribution in [1.82, 2.24) is 10.3 Å². The second-order valence-corrected chi connectivity index (χ2v) is 4.20. The average Bonchev–Trinajstić information content (AvgIpc) is 2.47. The Morgan fingerprint density at radius 3 is 2.85 bits per heavy atom. The van der Waals surface area contributed by atoms with Crippen LogP contribution >= 0.6 is 11.3 Å². The summed E-state index contributed by atoms with van der Waals surface area (Å²) in [5, 5.41) is 5.77. The predicted molar refractivity (Wildman–Crippen MR) is 53.5 cm³/mol. The molecular weight excluding hydrogens is 184 g/mol. The molecule has 72 valence electrons. The van der Waals surface area contributed by atoms with Crippen LogP contribution in [0.4, 0.5) is 0 Å². The van der Waals surface area contributed by atoms with Gasteiger partial charge in [-0.1, -0.05) is 13.8 Å². The van der Waals surface area contributed by atoms with E-state index in [1.807, 2.05) is 26.2 Å². The van der Waals surface area contributed by atoms with Gasteiger partial charge in [-0.05, 0) is 6.92 Å². The van der Waals surface area contributed by atoms with Crippen LogP contribution in [-0.4, -0.2) is 10.9 Å². The molecule has 0 atom stereocenters. The molecule has 0 aliphatic carbocycles. The highest BCUT2D eigenvalue weighted by atomic mass is 32.1. The van der Waals surface area contributed by atoms with Gasteiger partial charge in [0.05, 0.1) is 6.54 Å². The molecule has 1 heterocycles. The molecular formula is C9H14N2OS. The normalized spacial score (nSPS) is 10.5. The van der Waals surface area contributed by atoms with E-state index in [1.54, 1.807) is 11.3 Å². The fraction of sp³-hybridized carbons (Fsp3) is 0.556. The molecule has 0 aromatic carbocycles. The minimum atomic E-state index is 0.0426. The number of carbonyl (C=O) groups is 1. The first-order valence-electron chi connectivity index (χ1n) is 4.28. The van der Waals surface area contributed by atoms with Gasteiger partial charge in [0.1, 0.15) is 5.01 Å². The monoisotopic (exact) mass is 198 g/mol. The zero-order valence-corrected chi connectivity index (χ0v) is 8.94. The van der Waals surface area contributed by atoms with E-state index in [2.05, 4.69) is 10.3 Å². The van der Waals surface area contributed by atoms with Crippen LogP contribution in [0.3, 0.4) is 0 Å². The van der Waals surface area contributed by atoms with Crippen molar-refractivity contribution >= 4 is 17.2 Å². The molecule has 1 aromatic rings. The molecule has 0 unspecified atom stereocenters. The van der Waals surface area contributed by atoms with Crippen LogP contribution in [0.2, 0.25) is 0 Å². The standard InChI is InChI=1S/C9H14N2OS/c1-6(2)9(12)10-4-8-11-7(3)5-13-8/h5-6H,4H2,1-3H3,(H,10,12). The van der Waals surface area contributed by atoms with E-state index in [0.29, 0.717) is 6.54 Å². The van der Waals surface area contributed by atoms with Gasteiger partial charge in [-0.15, -0.1) is 11.3 Å². The molecule has 3 nitrogen and oxygen atoms in total. The van der Waals surface area contributed by atoms with Crippen LogP contribution in [0, 0.1) is 12.8 Å². The Balaban J connectivity index is 2.39. The number of nitrogens with one attached hydrogen (secondary N) is 1. The zero-order chi connectivity index (χ0) is 9.84. The van der Waals surface area contributed by atoms with Crippen molar-refractivity contribution in [2.24, 2.45) is 5.92 Å². The van der Waals surface area contributed by atoms with E-state index in [0.717, 1.165) is 10.7 Å². The van der Waals surface area contributed by atoms with Crippen LogP contribution in [0.25, 0.3) is 0 Å². The molecule has 13 heavy (non-hydrogen) atoms. The second-order valence-electron chi connectivity index (χ2n) is 3.26. The molecule has 0 aliphatic rings. The molecule has 0 radical (unpaired) electrons. The Morgan fingerprint density at radius 2 is 2.38 bits per heavy atom. The van der Waals surface area contributed by atoms with Crippen molar-refractivity contribution in [2.45, 2.75) is 27.3 Å². The Morgan fingerprint density at radius 1 is 1.69 bits per heavy atom. The summed E-state index contributed by atoms with van der Waals surface area (Å²) in [6.45, 7) is 6.25. The first-order valence-corrected chi connectivity index (χ1v) is 5.16. The highest BCUT2D eigenvalue weighted by Crippen LogP contribution is 2.08. The lowest BCUT2D eigenvalue weighted by atomic mass is 10.2. The van der Waals surface area contributed by atoms with Gasteiger partial charge < -0.3 is 5.32 Å². The SMILES string of the molecule is Cc1csc(CNC(=O)C(C)C)n1. The van der Waals surface area contributed by atoms with Gasteiger partial charge in [0.15, 0.2) is 0 Å². The number of hydrogen-bond acceptors (Lipinski definition) is 3. The molecule has 0 bridgehead atoms. The number of nitrogens with zero attached hydrogens (tertiary/aromatic N) is 1. The van der Waals surface area contributed by atoms with Crippen LogP contribution in [0.5, 0.6) is 0 Å². The molecule has 0 fully saturated rings. The maximum Gasteiger partial charge on any atom is 0.222 e. The molecule has 0 spiro atoms.